The monoisotopic (exact) mass is 291 g/mol. The molecule has 0 aliphatic rings. The minimum atomic E-state index is -0.829. The molecule has 4 heteroatoms. The average Bonchev–Trinajstić information content (AvgIpc) is 2.50. The molecule has 21 heavy (non-hydrogen) atoms. The molecule has 116 valence electrons. The van der Waals surface area contributed by atoms with E-state index in [1.54, 1.807) is 13.2 Å². The highest BCUT2D eigenvalue weighted by atomic mass is 16.5. The van der Waals surface area contributed by atoms with Crippen LogP contribution in [0, 0.1) is 6.92 Å². The molecule has 1 amide bonds. The van der Waals surface area contributed by atoms with E-state index in [9.17, 15) is 9.90 Å². The molecule has 0 fully saturated rings. The highest BCUT2D eigenvalue weighted by Gasteiger charge is 2.22. The summed E-state index contributed by atoms with van der Waals surface area (Å²) in [6, 6.07) is 5.79. The smallest absolute Gasteiger partial charge is 0.244 e. The number of hydrogen-bond donors (Lipinski definition) is 2. The van der Waals surface area contributed by atoms with Gasteiger partial charge in [0.05, 0.1) is 12.7 Å². The second-order valence-corrected chi connectivity index (χ2v) is 5.23. The van der Waals surface area contributed by atoms with Gasteiger partial charge >= 0.3 is 0 Å². The Kier molecular flexibility index (Phi) is 6.43. The number of carbonyl (C=O) groups is 1. The number of aryl methyl sites for hydroxylation is 1. The first-order valence-corrected chi connectivity index (χ1v) is 7.27. The van der Waals surface area contributed by atoms with Gasteiger partial charge in [-0.1, -0.05) is 25.5 Å². The van der Waals surface area contributed by atoms with Gasteiger partial charge in [0.15, 0.2) is 0 Å². The predicted molar refractivity (Wildman–Crippen MR) is 85.3 cm³/mol. The van der Waals surface area contributed by atoms with E-state index in [0.717, 1.165) is 16.9 Å². The summed E-state index contributed by atoms with van der Waals surface area (Å²) in [6.07, 6.45) is 4.40. The van der Waals surface area contributed by atoms with Crippen LogP contribution >= 0.6 is 0 Å². The zero-order valence-corrected chi connectivity index (χ0v) is 13.3. The van der Waals surface area contributed by atoms with Crippen molar-refractivity contribution < 1.29 is 14.6 Å². The molecular formula is C17H25NO3. The summed E-state index contributed by atoms with van der Waals surface area (Å²) in [5.74, 6) is 0.502. The number of aliphatic hydroxyl groups is 1. The van der Waals surface area contributed by atoms with Crippen molar-refractivity contribution >= 4 is 12.0 Å². The van der Waals surface area contributed by atoms with Crippen molar-refractivity contribution in [3.63, 3.8) is 0 Å². The number of benzene rings is 1. The second kappa shape index (κ2) is 7.84. The highest BCUT2D eigenvalue weighted by Crippen LogP contribution is 2.21. The fourth-order valence-electron chi connectivity index (χ4n) is 1.96. The number of ether oxygens (including phenoxy) is 1. The maximum absolute atomic E-state index is 11.8. The summed E-state index contributed by atoms with van der Waals surface area (Å²) in [4.78, 5) is 11.8. The van der Waals surface area contributed by atoms with Crippen LogP contribution in [0.2, 0.25) is 0 Å². The summed E-state index contributed by atoms with van der Waals surface area (Å²) >= 11 is 0. The van der Waals surface area contributed by atoms with Gasteiger partial charge in [0.25, 0.3) is 0 Å². The molecule has 0 radical (unpaired) electrons. The van der Waals surface area contributed by atoms with Gasteiger partial charge in [-0.05, 0) is 38.0 Å². The van der Waals surface area contributed by atoms with Gasteiger partial charge in [0.1, 0.15) is 5.75 Å². The van der Waals surface area contributed by atoms with E-state index in [0.29, 0.717) is 12.8 Å². The number of hydrogen-bond acceptors (Lipinski definition) is 3. The van der Waals surface area contributed by atoms with Gasteiger partial charge in [-0.15, -0.1) is 0 Å². The molecule has 1 rings (SSSR count). The van der Waals surface area contributed by atoms with Crippen LogP contribution in [-0.4, -0.2) is 30.3 Å². The SMILES string of the molecule is CCC(O)(CC)CNC(=O)C=Cc1cc(C)ccc1OC. The van der Waals surface area contributed by atoms with Crippen molar-refractivity contribution in [2.45, 2.75) is 39.2 Å². The van der Waals surface area contributed by atoms with Crippen LogP contribution in [0.3, 0.4) is 0 Å². The lowest BCUT2D eigenvalue weighted by atomic mass is 9.98. The van der Waals surface area contributed by atoms with Crippen molar-refractivity contribution in [3.05, 3.63) is 35.4 Å². The Labute approximate surface area is 126 Å². The van der Waals surface area contributed by atoms with Gasteiger partial charge in [-0.2, -0.15) is 0 Å². The van der Waals surface area contributed by atoms with Crippen molar-refractivity contribution in [2.24, 2.45) is 0 Å². The molecule has 0 aliphatic carbocycles. The van der Waals surface area contributed by atoms with Crippen molar-refractivity contribution in [2.75, 3.05) is 13.7 Å². The topological polar surface area (TPSA) is 58.6 Å². The van der Waals surface area contributed by atoms with E-state index in [1.807, 2.05) is 39.0 Å². The molecule has 0 saturated heterocycles. The zero-order valence-electron chi connectivity index (χ0n) is 13.3. The molecule has 1 aromatic carbocycles. The largest absolute Gasteiger partial charge is 0.496 e. The van der Waals surface area contributed by atoms with Gasteiger partial charge in [0, 0.05) is 18.2 Å². The summed E-state index contributed by atoms with van der Waals surface area (Å²) < 4.78 is 5.26. The molecule has 0 bridgehead atoms. The Morgan fingerprint density at radius 1 is 1.38 bits per heavy atom. The first-order valence-electron chi connectivity index (χ1n) is 7.27. The van der Waals surface area contributed by atoms with Crippen molar-refractivity contribution in [3.8, 4) is 5.75 Å². The number of carbonyl (C=O) groups excluding carboxylic acids is 1. The summed E-state index contributed by atoms with van der Waals surface area (Å²) in [6.45, 7) is 6.06. The molecule has 0 aliphatic heterocycles. The summed E-state index contributed by atoms with van der Waals surface area (Å²) in [5.41, 5.74) is 1.13. The second-order valence-electron chi connectivity index (χ2n) is 5.23. The molecule has 0 saturated carbocycles. The third-order valence-corrected chi connectivity index (χ3v) is 3.71. The lowest BCUT2D eigenvalue weighted by Gasteiger charge is -2.24. The molecule has 0 aromatic heterocycles. The minimum Gasteiger partial charge on any atom is -0.496 e. The fraction of sp³-hybridized carbons (Fsp3) is 0.471. The van der Waals surface area contributed by atoms with E-state index in [4.69, 9.17) is 4.74 Å². The summed E-state index contributed by atoms with van der Waals surface area (Å²) in [5, 5.41) is 12.9. The van der Waals surface area contributed by atoms with E-state index in [2.05, 4.69) is 5.32 Å². The average molecular weight is 291 g/mol. The van der Waals surface area contributed by atoms with Crippen LogP contribution in [0.15, 0.2) is 24.3 Å². The molecule has 0 unspecified atom stereocenters. The standard InChI is InChI=1S/C17H25NO3/c1-5-17(20,6-2)12-18-16(19)10-8-14-11-13(3)7-9-15(14)21-4/h7-11,20H,5-6,12H2,1-4H3,(H,18,19). The predicted octanol–water partition coefficient (Wildman–Crippen LogP) is 2.68. The molecule has 0 heterocycles. The Balaban J connectivity index is 2.68. The number of nitrogens with one attached hydrogen (secondary N) is 1. The van der Waals surface area contributed by atoms with Crippen LogP contribution in [0.25, 0.3) is 6.08 Å². The van der Waals surface area contributed by atoms with Crippen LogP contribution in [0.5, 0.6) is 5.75 Å². The number of amides is 1. The third kappa shape index (κ3) is 5.23. The van der Waals surface area contributed by atoms with Crippen LogP contribution in [-0.2, 0) is 4.79 Å². The van der Waals surface area contributed by atoms with Crippen LogP contribution < -0.4 is 10.1 Å². The molecule has 2 N–H and O–H groups in total. The molecule has 4 nitrogen and oxygen atoms in total. The normalized spacial score (nSPS) is 11.7. The van der Waals surface area contributed by atoms with Crippen LogP contribution in [0.4, 0.5) is 0 Å². The number of rotatable bonds is 7. The maximum atomic E-state index is 11.8. The van der Waals surface area contributed by atoms with E-state index < -0.39 is 5.60 Å². The van der Waals surface area contributed by atoms with Gasteiger partial charge in [-0.25, -0.2) is 0 Å². The third-order valence-electron chi connectivity index (χ3n) is 3.71. The van der Waals surface area contributed by atoms with Gasteiger partial charge < -0.3 is 15.2 Å². The zero-order chi connectivity index (χ0) is 15.9. The minimum absolute atomic E-state index is 0.223. The summed E-state index contributed by atoms with van der Waals surface area (Å²) in [7, 11) is 1.60. The van der Waals surface area contributed by atoms with E-state index in [1.165, 1.54) is 6.08 Å². The lowest BCUT2D eigenvalue weighted by molar-refractivity contribution is -0.117. The van der Waals surface area contributed by atoms with E-state index >= 15 is 0 Å². The number of methoxy groups -OCH3 is 1. The van der Waals surface area contributed by atoms with Crippen LogP contribution in [0.1, 0.15) is 37.8 Å². The quantitative estimate of drug-likeness (QED) is 0.759. The Morgan fingerprint density at radius 3 is 2.62 bits per heavy atom. The fourth-order valence-corrected chi connectivity index (χ4v) is 1.96. The molecule has 0 atom stereocenters. The van der Waals surface area contributed by atoms with E-state index in [-0.39, 0.29) is 12.5 Å². The first kappa shape index (κ1) is 17.2. The van der Waals surface area contributed by atoms with Crippen molar-refractivity contribution in [1.82, 2.24) is 5.32 Å². The maximum Gasteiger partial charge on any atom is 0.244 e. The molecule has 1 aromatic rings. The van der Waals surface area contributed by atoms with Gasteiger partial charge in [0.2, 0.25) is 5.91 Å². The van der Waals surface area contributed by atoms with Crippen molar-refractivity contribution in [1.29, 1.82) is 0 Å². The van der Waals surface area contributed by atoms with Gasteiger partial charge in [-0.3, -0.25) is 4.79 Å². The highest BCUT2D eigenvalue weighted by molar-refractivity contribution is 5.92. The molecular weight excluding hydrogens is 266 g/mol. The Bertz CT molecular complexity index is 505. The Hall–Kier alpha value is -1.81. The Morgan fingerprint density at radius 2 is 2.05 bits per heavy atom. The molecule has 0 spiro atoms. The first-order chi connectivity index (χ1) is 9.94. The lowest BCUT2D eigenvalue weighted by Crippen LogP contribution is -2.41.